The number of unbranched alkanes of at least 4 members (excludes halogenated alkanes) is 1. The lowest BCUT2D eigenvalue weighted by atomic mass is 10.1. The molecule has 0 aliphatic heterocycles. The van der Waals surface area contributed by atoms with Crippen molar-refractivity contribution in [1.82, 2.24) is 10.3 Å². The standard InChI is InChI=1S/C15H18N2O/c1-2-3-8-16-15(18)10-14-9-12-6-4-5-7-13(12)11-17-14/h4-7,9,11H,2-3,8,10H2,1H3,(H,16,18). The Morgan fingerprint density at radius 3 is 2.83 bits per heavy atom. The van der Waals surface area contributed by atoms with E-state index in [9.17, 15) is 4.79 Å². The Balaban J connectivity index is 2.01. The number of aromatic nitrogens is 1. The van der Waals surface area contributed by atoms with Crippen LogP contribution < -0.4 is 5.32 Å². The van der Waals surface area contributed by atoms with E-state index in [2.05, 4.69) is 17.2 Å². The van der Waals surface area contributed by atoms with Crippen LogP contribution in [0.3, 0.4) is 0 Å². The second-order valence-corrected chi connectivity index (χ2v) is 4.40. The van der Waals surface area contributed by atoms with Crippen molar-refractivity contribution in [3.05, 3.63) is 42.2 Å². The number of carbonyl (C=O) groups excluding carboxylic acids is 1. The summed E-state index contributed by atoms with van der Waals surface area (Å²) in [5, 5.41) is 5.13. The van der Waals surface area contributed by atoms with Crippen LogP contribution >= 0.6 is 0 Å². The van der Waals surface area contributed by atoms with Crippen molar-refractivity contribution in [2.75, 3.05) is 6.54 Å². The maximum atomic E-state index is 11.7. The smallest absolute Gasteiger partial charge is 0.226 e. The molecule has 2 aromatic rings. The predicted octanol–water partition coefficient (Wildman–Crippen LogP) is 2.69. The van der Waals surface area contributed by atoms with Crippen LogP contribution in [0.1, 0.15) is 25.5 Å². The third kappa shape index (κ3) is 3.29. The number of hydrogen-bond acceptors (Lipinski definition) is 2. The molecule has 1 aromatic carbocycles. The van der Waals surface area contributed by atoms with E-state index >= 15 is 0 Å². The number of nitrogens with one attached hydrogen (secondary N) is 1. The molecule has 1 aromatic heterocycles. The maximum absolute atomic E-state index is 11.7. The van der Waals surface area contributed by atoms with Crippen LogP contribution in [-0.4, -0.2) is 17.4 Å². The molecule has 0 unspecified atom stereocenters. The summed E-state index contributed by atoms with van der Waals surface area (Å²) < 4.78 is 0. The van der Waals surface area contributed by atoms with Crippen LogP contribution in [0, 0.1) is 0 Å². The number of fused-ring (bicyclic) bond motifs is 1. The second-order valence-electron chi connectivity index (χ2n) is 4.40. The van der Waals surface area contributed by atoms with E-state index in [-0.39, 0.29) is 5.91 Å². The van der Waals surface area contributed by atoms with Gasteiger partial charge < -0.3 is 5.32 Å². The van der Waals surface area contributed by atoms with Crippen LogP contribution in [0.15, 0.2) is 36.5 Å². The fourth-order valence-corrected chi connectivity index (χ4v) is 1.86. The summed E-state index contributed by atoms with van der Waals surface area (Å²) in [5.41, 5.74) is 0.822. The van der Waals surface area contributed by atoms with Gasteiger partial charge in [0.25, 0.3) is 0 Å². The summed E-state index contributed by atoms with van der Waals surface area (Å²) in [4.78, 5) is 16.0. The van der Waals surface area contributed by atoms with Crippen molar-refractivity contribution >= 4 is 16.7 Å². The van der Waals surface area contributed by atoms with Crippen molar-refractivity contribution in [1.29, 1.82) is 0 Å². The molecule has 0 aliphatic rings. The Hall–Kier alpha value is -1.90. The van der Waals surface area contributed by atoms with E-state index in [4.69, 9.17) is 0 Å². The van der Waals surface area contributed by atoms with Crippen LogP contribution in [0.25, 0.3) is 10.8 Å². The van der Waals surface area contributed by atoms with Crippen molar-refractivity contribution in [3.63, 3.8) is 0 Å². The van der Waals surface area contributed by atoms with Gasteiger partial charge >= 0.3 is 0 Å². The normalized spacial score (nSPS) is 10.5. The molecule has 0 fully saturated rings. The molecule has 0 atom stereocenters. The van der Waals surface area contributed by atoms with Gasteiger partial charge in [-0.2, -0.15) is 0 Å². The summed E-state index contributed by atoms with van der Waals surface area (Å²) in [5.74, 6) is 0.0474. The number of nitrogens with zero attached hydrogens (tertiary/aromatic N) is 1. The molecule has 0 radical (unpaired) electrons. The number of hydrogen-bond donors (Lipinski definition) is 1. The van der Waals surface area contributed by atoms with Gasteiger partial charge in [0.1, 0.15) is 0 Å². The average molecular weight is 242 g/mol. The first kappa shape index (κ1) is 12.6. The Kier molecular flexibility index (Phi) is 4.29. The summed E-state index contributed by atoms with van der Waals surface area (Å²) in [7, 11) is 0. The molecule has 1 heterocycles. The van der Waals surface area contributed by atoms with Crippen LogP contribution in [-0.2, 0) is 11.2 Å². The monoisotopic (exact) mass is 242 g/mol. The highest BCUT2D eigenvalue weighted by atomic mass is 16.1. The highest BCUT2D eigenvalue weighted by Gasteiger charge is 2.04. The van der Waals surface area contributed by atoms with Gasteiger partial charge in [0, 0.05) is 18.1 Å². The Morgan fingerprint density at radius 2 is 2.06 bits per heavy atom. The molecule has 1 amide bonds. The van der Waals surface area contributed by atoms with Crippen LogP contribution in [0.4, 0.5) is 0 Å². The lowest BCUT2D eigenvalue weighted by Crippen LogP contribution is -2.26. The third-order valence-corrected chi connectivity index (χ3v) is 2.88. The number of pyridine rings is 1. The summed E-state index contributed by atoms with van der Waals surface area (Å²) in [6.45, 7) is 2.86. The first-order valence-corrected chi connectivity index (χ1v) is 6.40. The highest BCUT2D eigenvalue weighted by molar-refractivity contribution is 5.84. The van der Waals surface area contributed by atoms with Gasteiger partial charge in [0.05, 0.1) is 12.1 Å². The Morgan fingerprint density at radius 1 is 1.28 bits per heavy atom. The van der Waals surface area contributed by atoms with Crippen molar-refractivity contribution in [2.45, 2.75) is 26.2 Å². The van der Waals surface area contributed by atoms with Gasteiger partial charge in [-0.15, -0.1) is 0 Å². The van der Waals surface area contributed by atoms with Gasteiger partial charge in [0.2, 0.25) is 5.91 Å². The molecule has 0 saturated heterocycles. The molecule has 3 nitrogen and oxygen atoms in total. The van der Waals surface area contributed by atoms with E-state index in [0.29, 0.717) is 6.42 Å². The molecule has 0 spiro atoms. The van der Waals surface area contributed by atoms with Gasteiger partial charge in [-0.1, -0.05) is 37.6 Å². The summed E-state index contributed by atoms with van der Waals surface area (Å²) in [6, 6.07) is 10.0. The third-order valence-electron chi connectivity index (χ3n) is 2.88. The van der Waals surface area contributed by atoms with E-state index < -0.39 is 0 Å². The molecule has 0 aliphatic carbocycles. The Labute approximate surface area is 107 Å². The number of benzene rings is 1. The molecular weight excluding hydrogens is 224 g/mol. The molecule has 1 N–H and O–H groups in total. The number of rotatable bonds is 5. The Bertz CT molecular complexity index is 537. The zero-order valence-electron chi connectivity index (χ0n) is 10.6. The minimum absolute atomic E-state index is 0.0474. The molecule has 0 saturated carbocycles. The number of amides is 1. The quantitative estimate of drug-likeness (QED) is 0.819. The van der Waals surface area contributed by atoms with Gasteiger partial charge in [-0.25, -0.2) is 0 Å². The SMILES string of the molecule is CCCCNC(=O)Cc1cc2ccccc2cn1. The second kappa shape index (κ2) is 6.15. The first-order valence-electron chi connectivity index (χ1n) is 6.40. The highest BCUT2D eigenvalue weighted by Crippen LogP contribution is 2.13. The summed E-state index contributed by atoms with van der Waals surface area (Å²) in [6.07, 6.45) is 4.30. The van der Waals surface area contributed by atoms with Crippen LogP contribution in [0.5, 0.6) is 0 Å². The average Bonchev–Trinajstić information content (AvgIpc) is 2.39. The molecule has 0 bridgehead atoms. The molecule has 94 valence electrons. The molecule has 2 rings (SSSR count). The zero-order chi connectivity index (χ0) is 12.8. The maximum Gasteiger partial charge on any atom is 0.226 e. The molecule has 18 heavy (non-hydrogen) atoms. The fraction of sp³-hybridized carbons (Fsp3) is 0.333. The minimum Gasteiger partial charge on any atom is -0.356 e. The van der Waals surface area contributed by atoms with E-state index in [1.54, 1.807) is 0 Å². The fourth-order valence-electron chi connectivity index (χ4n) is 1.86. The predicted molar refractivity (Wildman–Crippen MR) is 73.4 cm³/mol. The van der Waals surface area contributed by atoms with Crippen LogP contribution in [0.2, 0.25) is 0 Å². The topological polar surface area (TPSA) is 42.0 Å². The lowest BCUT2D eigenvalue weighted by molar-refractivity contribution is -0.120. The van der Waals surface area contributed by atoms with E-state index in [1.165, 1.54) is 0 Å². The largest absolute Gasteiger partial charge is 0.356 e. The van der Waals surface area contributed by atoms with Crippen molar-refractivity contribution < 1.29 is 4.79 Å². The van der Waals surface area contributed by atoms with E-state index in [1.807, 2.05) is 36.5 Å². The zero-order valence-corrected chi connectivity index (χ0v) is 10.6. The van der Waals surface area contributed by atoms with E-state index in [0.717, 1.165) is 35.9 Å². The van der Waals surface area contributed by atoms with Crippen molar-refractivity contribution in [2.24, 2.45) is 0 Å². The number of carbonyl (C=O) groups is 1. The minimum atomic E-state index is 0.0474. The molecular formula is C15H18N2O. The lowest BCUT2D eigenvalue weighted by Gasteiger charge is -2.05. The van der Waals surface area contributed by atoms with Gasteiger partial charge in [0.15, 0.2) is 0 Å². The van der Waals surface area contributed by atoms with Crippen molar-refractivity contribution in [3.8, 4) is 0 Å². The van der Waals surface area contributed by atoms with Gasteiger partial charge in [-0.3, -0.25) is 9.78 Å². The summed E-state index contributed by atoms with van der Waals surface area (Å²) >= 11 is 0. The van der Waals surface area contributed by atoms with Gasteiger partial charge in [-0.05, 0) is 17.9 Å². The first-order chi connectivity index (χ1) is 8.79. The molecule has 3 heteroatoms.